The molecular formula is C17H15ClF2N2O3S. The Kier molecular flexibility index (Phi) is 5.27. The van der Waals surface area contributed by atoms with Crippen molar-refractivity contribution in [2.45, 2.75) is 4.90 Å². The maximum absolute atomic E-state index is 13.8. The van der Waals surface area contributed by atoms with Crippen LogP contribution in [0.2, 0.25) is 5.02 Å². The van der Waals surface area contributed by atoms with E-state index in [-0.39, 0.29) is 41.7 Å². The molecule has 0 bridgehead atoms. The highest BCUT2D eigenvalue weighted by Crippen LogP contribution is 2.23. The van der Waals surface area contributed by atoms with Gasteiger partial charge in [0.15, 0.2) is 0 Å². The highest BCUT2D eigenvalue weighted by atomic mass is 35.5. The fraction of sp³-hybridized carbons (Fsp3) is 0.235. The Balaban J connectivity index is 1.73. The van der Waals surface area contributed by atoms with Crippen LogP contribution in [0.5, 0.6) is 0 Å². The first-order valence-electron chi connectivity index (χ1n) is 7.80. The van der Waals surface area contributed by atoms with Crippen LogP contribution in [-0.2, 0) is 10.0 Å². The molecule has 0 aliphatic carbocycles. The summed E-state index contributed by atoms with van der Waals surface area (Å²) in [4.78, 5) is 13.6. The summed E-state index contributed by atoms with van der Waals surface area (Å²) in [5.41, 5.74) is 0.151. The van der Waals surface area contributed by atoms with Crippen LogP contribution in [-0.4, -0.2) is 49.7 Å². The van der Waals surface area contributed by atoms with Crippen LogP contribution in [0.4, 0.5) is 8.78 Å². The summed E-state index contributed by atoms with van der Waals surface area (Å²) < 4.78 is 53.2. The van der Waals surface area contributed by atoms with Crippen molar-refractivity contribution in [1.82, 2.24) is 9.21 Å². The average Bonchev–Trinajstić information content (AvgIpc) is 2.61. The minimum atomic E-state index is -3.98. The minimum Gasteiger partial charge on any atom is -0.336 e. The van der Waals surface area contributed by atoms with Gasteiger partial charge in [-0.3, -0.25) is 4.79 Å². The normalized spacial score (nSPS) is 15.9. The summed E-state index contributed by atoms with van der Waals surface area (Å²) in [6, 6.07) is 8.64. The van der Waals surface area contributed by atoms with Gasteiger partial charge in [-0.25, -0.2) is 17.2 Å². The maximum Gasteiger partial charge on any atom is 0.255 e. The van der Waals surface area contributed by atoms with E-state index in [2.05, 4.69) is 0 Å². The maximum atomic E-state index is 13.8. The topological polar surface area (TPSA) is 57.7 Å². The summed E-state index contributed by atoms with van der Waals surface area (Å²) in [5.74, 6) is -1.77. The number of hydrogen-bond acceptors (Lipinski definition) is 3. The number of rotatable bonds is 3. The molecule has 26 heavy (non-hydrogen) atoms. The van der Waals surface area contributed by atoms with Crippen molar-refractivity contribution in [3.05, 3.63) is 64.7 Å². The molecule has 1 amide bonds. The Morgan fingerprint density at radius 1 is 1.00 bits per heavy atom. The fourth-order valence-corrected chi connectivity index (χ4v) is 4.49. The second-order valence-electron chi connectivity index (χ2n) is 5.75. The van der Waals surface area contributed by atoms with Gasteiger partial charge in [-0.15, -0.1) is 0 Å². The number of piperazine rings is 1. The van der Waals surface area contributed by atoms with Gasteiger partial charge in [0.25, 0.3) is 5.91 Å². The first-order chi connectivity index (χ1) is 12.3. The van der Waals surface area contributed by atoms with Crippen molar-refractivity contribution in [1.29, 1.82) is 0 Å². The zero-order chi connectivity index (χ0) is 18.9. The van der Waals surface area contributed by atoms with Crippen LogP contribution >= 0.6 is 11.6 Å². The molecule has 0 saturated carbocycles. The van der Waals surface area contributed by atoms with Crippen molar-refractivity contribution in [2.24, 2.45) is 0 Å². The summed E-state index contributed by atoms with van der Waals surface area (Å²) >= 11 is 5.91. The molecule has 2 aromatic rings. The van der Waals surface area contributed by atoms with Crippen LogP contribution in [0.1, 0.15) is 10.4 Å². The third kappa shape index (κ3) is 3.58. The largest absolute Gasteiger partial charge is 0.336 e. The molecule has 1 saturated heterocycles. The van der Waals surface area contributed by atoms with Gasteiger partial charge in [0.05, 0.1) is 10.6 Å². The molecule has 1 aliphatic heterocycles. The van der Waals surface area contributed by atoms with Crippen LogP contribution in [0, 0.1) is 11.6 Å². The van der Waals surface area contributed by atoms with E-state index in [1.165, 1.54) is 29.2 Å². The second-order valence-corrected chi connectivity index (χ2v) is 8.06. The van der Waals surface area contributed by atoms with Gasteiger partial charge in [-0.05, 0) is 30.3 Å². The zero-order valence-corrected chi connectivity index (χ0v) is 15.1. The molecule has 1 heterocycles. The minimum absolute atomic E-state index is 0.00333. The summed E-state index contributed by atoms with van der Waals surface area (Å²) in [6.45, 7) is 0.308. The smallest absolute Gasteiger partial charge is 0.255 e. The molecule has 2 aromatic carbocycles. The number of carbonyl (C=O) groups excluding carboxylic acids is 1. The lowest BCUT2D eigenvalue weighted by atomic mass is 10.2. The molecule has 0 unspecified atom stereocenters. The van der Waals surface area contributed by atoms with E-state index in [0.717, 1.165) is 22.5 Å². The first-order valence-corrected chi connectivity index (χ1v) is 9.61. The van der Waals surface area contributed by atoms with E-state index < -0.39 is 27.6 Å². The van der Waals surface area contributed by atoms with Crippen molar-refractivity contribution in [3.63, 3.8) is 0 Å². The number of hydrogen-bond donors (Lipinski definition) is 0. The van der Waals surface area contributed by atoms with E-state index in [4.69, 9.17) is 11.6 Å². The molecule has 9 heteroatoms. The third-order valence-corrected chi connectivity index (χ3v) is 6.39. The molecule has 0 radical (unpaired) electrons. The van der Waals surface area contributed by atoms with E-state index in [0.29, 0.717) is 0 Å². The van der Waals surface area contributed by atoms with E-state index in [9.17, 15) is 22.0 Å². The summed E-state index contributed by atoms with van der Waals surface area (Å²) in [5, 5.41) is -0.00333. The predicted octanol–water partition coefficient (Wildman–Crippen LogP) is 2.76. The first kappa shape index (κ1) is 18.8. The predicted molar refractivity (Wildman–Crippen MR) is 92.5 cm³/mol. The Hall–Kier alpha value is -2.03. The van der Waals surface area contributed by atoms with Crippen molar-refractivity contribution >= 4 is 27.5 Å². The molecule has 3 rings (SSSR count). The monoisotopic (exact) mass is 400 g/mol. The molecule has 1 aliphatic rings. The number of carbonyl (C=O) groups is 1. The molecule has 0 spiro atoms. The van der Waals surface area contributed by atoms with Crippen LogP contribution in [0.3, 0.4) is 0 Å². The highest BCUT2D eigenvalue weighted by molar-refractivity contribution is 7.89. The molecular weight excluding hydrogens is 386 g/mol. The SMILES string of the molecule is O=C(c1ccc(F)cc1Cl)N1CCN(S(=O)(=O)c2ccccc2F)CC1. The highest BCUT2D eigenvalue weighted by Gasteiger charge is 2.32. The van der Waals surface area contributed by atoms with Gasteiger partial charge in [0, 0.05) is 26.2 Å². The number of amides is 1. The van der Waals surface area contributed by atoms with E-state index in [1.54, 1.807) is 0 Å². The molecule has 138 valence electrons. The molecule has 0 atom stereocenters. The van der Waals surface area contributed by atoms with Crippen molar-refractivity contribution in [3.8, 4) is 0 Å². The number of halogens is 3. The van der Waals surface area contributed by atoms with Gasteiger partial charge >= 0.3 is 0 Å². The Morgan fingerprint density at radius 2 is 1.65 bits per heavy atom. The fourth-order valence-electron chi connectivity index (χ4n) is 2.76. The van der Waals surface area contributed by atoms with E-state index in [1.807, 2.05) is 0 Å². The van der Waals surface area contributed by atoms with Crippen molar-refractivity contribution < 1.29 is 22.0 Å². The standard InChI is InChI=1S/C17H15ClF2N2O3S/c18-14-11-12(19)5-6-13(14)17(23)21-7-9-22(10-8-21)26(24,25)16-4-2-1-3-15(16)20/h1-6,11H,7-10H2. The van der Waals surface area contributed by atoms with Gasteiger partial charge < -0.3 is 4.90 Å². The lowest BCUT2D eigenvalue weighted by molar-refractivity contribution is 0.0698. The zero-order valence-electron chi connectivity index (χ0n) is 13.5. The molecule has 1 fully saturated rings. The van der Waals surface area contributed by atoms with Crippen LogP contribution < -0.4 is 0 Å². The number of nitrogens with zero attached hydrogens (tertiary/aromatic N) is 2. The average molecular weight is 401 g/mol. The van der Waals surface area contributed by atoms with Crippen molar-refractivity contribution in [2.75, 3.05) is 26.2 Å². The molecule has 5 nitrogen and oxygen atoms in total. The number of benzene rings is 2. The van der Waals surface area contributed by atoms with Gasteiger partial charge in [0.2, 0.25) is 10.0 Å². The second kappa shape index (κ2) is 7.30. The Morgan fingerprint density at radius 3 is 2.27 bits per heavy atom. The molecule has 0 aromatic heterocycles. The van der Waals surface area contributed by atoms with Gasteiger partial charge in [-0.2, -0.15) is 4.31 Å². The van der Waals surface area contributed by atoms with Crippen LogP contribution in [0.25, 0.3) is 0 Å². The summed E-state index contributed by atoms with van der Waals surface area (Å²) in [6.07, 6.45) is 0. The Labute approximate surface area is 154 Å². The summed E-state index contributed by atoms with van der Waals surface area (Å²) in [7, 11) is -3.98. The van der Waals surface area contributed by atoms with Crippen LogP contribution in [0.15, 0.2) is 47.4 Å². The lowest BCUT2D eigenvalue weighted by Crippen LogP contribution is -2.50. The quantitative estimate of drug-likeness (QED) is 0.796. The molecule has 0 N–H and O–H groups in total. The number of sulfonamides is 1. The lowest BCUT2D eigenvalue weighted by Gasteiger charge is -2.34. The van der Waals surface area contributed by atoms with E-state index >= 15 is 0 Å². The third-order valence-electron chi connectivity index (χ3n) is 4.14. The van der Waals surface area contributed by atoms with Gasteiger partial charge in [0.1, 0.15) is 16.5 Å². The Bertz CT molecular complexity index is 945. The van der Waals surface area contributed by atoms with Gasteiger partial charge in [-0.1, -0.05) is 23.7 Å².